The minimum Gasteiger partial charge on any atom is -0.465 e. The third-order valence-electron chi connectivity index (χ3n) is 1.40. The fraction of sp³-hybridized carbons (Fsp3) is 0.125. The molecule has 0 unspecified atom stereocenters. The number of rotatable bonds is 2. The molecule has 0 radical (unpaired) electrons. The van der Waals surface area contributed by atoms with E-state index < -0.39 is 5.97 Å². The van der Waals surface area contributed by atoms with Crippen molar-refractivity contribution < 1.29 is 14.3 Å². The molecule has 0 saturated carbocycles. The fourth-order valence-electron chi connectivity index (χ4n) is 0.770. The highest BCUT2D eigenvalue weighted by Crippen LogP contribution is 2.16. The van der Waals surface area contributed by atoms with Crippen LogP contribution in [0.5, 0.6) is 0 Å². The Hall–Kier alpha value is -1.23. The number of halogens is 1. The van der Waals surface area contributed by atoms with E-state index in [2.05, 4.69) is 25.7 Å². The van der Waals surface area contributed by atoms with Gasteiger partial charge in [0.15, 0.2) is 6.29 Å². The van der Waals surface area contributed by atoms with Crippen molar-refractivity contribution in [3.63, 3.8) is 0 Å². The number of carbonyl (C=O) groups is 2. The van der Waals surface area contributed by atoms with Crippen LogP contribution < -0.4 is 0 Å². The number of pyridine rings is 1. The second-order valence-corrected chi connectivity index (χ2v) is 3.05. The molecule has 0 atom stereocenters. The molecule has 4 nitrogen and oxygen atoms in total. The largest absolute Gasteiger partial charge is 0.465 e. The molecule has 1 rings (SSSR count). The SMILES string of the molecule is COC(=O)c1cnc(C=O)cc1Br. The Labute approximate surface area is 83.1 Å². The Balaban J connectivity index is 3.12. The van der Waals surface area contributed by atoms with Crippen LogP contribution in [0.25, 0.3) is 0 Å². The maximum atomic E-state index is 11.1. The number of aldehydes is 1. The zero-order valence-corrected chi connectivity index (χ0v) is 8.37. The molecule has 0 amide bonds. The smallest absolute Gasteiger partial charge is 0.340 e. The Bertz CT molecular complexity index is 351. The van der Waals surface area contributed by atoms with Crippen LogP contribution in [0.1, 0.15) is 20.8 Å². The molecule has 0 fully saturated rings. The summed E-state index contributed by atoms with van der Waals surface area (Å²) in [5, 5.41) is 0. The highest BCUT2D eigenvalue weighted by atomic mass is 79.9. The summed E-state index contributed by atoms with van der Waals surface area (Å²) in [6, 6.07) is 1.46. The third kappa shape index (κ3) is 2.12. The first-order chi connectivity index (χ1) is 6.19. The average molecular weight is 244 g/mol. The van der Waals surface area contributed by atoms with Crippen LogP contribution in [0.3, 0.4) is 0 Å². The number of hydrogen-bond donors (Lipinski definition) is 0. The van der Waals surface area contributed by atoms with Gasteiger partial charge in [0.05, 0.1) is 12.7 Å². The lowest BCUT2D eigenvalue weighted by Crippen LogP contribution is -2.03. The molecular weight excluding hydrogens is 238 g/mol. The van der Waals surface area contributed by atoms with Crippen molar-refractivity contribution in [1.82, 2.24) is 4.98 Å². The monoisotopic (exact) mass is 243 g/mol. The summed E-state index contributed by atoms with van der Waals surface area (Å²) in [6.45, 7) is 0. The number of hydrogen-bond acceptors (Lipinski definition) is 4. The number of methoxy groups -OCH3 is 1. The van der Waals surface area contributed by atoms with E-state index >= 15 is 0 Å². The van der Waals surface area contributed by atoms with Crippen LogP contribution in [0.2, 0.25) is 0 Å². The highest BCUT2D eigenvalue weighted by molar-refractivity contribution is 9.10. The Morgan fingerprint density at radius 3 is 2.85 bits per heavy atom. The third-order valence-corrected chi connectivity index (χ3v) is 2.06. The molecule has 0 aliphatic rings. The summed E-state index contributed by atoms with van der Waals surface area (Å²) in [5.74, 6) is -0.489. The number of nitrogens with zero attached hydrogens (tertiary/aromatic N) is 1. The fourth-order valence-corrected chi connectivity index (χ4v) is 1.27. The first-order valence-corrected chi connectivity index (χ1v) is 4.17. The van der Waals surface area contributed by atoms with Gasteiger partial charge >= 0.3 is 5.97 Å². The topological polar surface area (TPSA) is 56.3 Å². The first-order valence-electron chi connectivity index (χ1n) is 3.38. The molecule has 1 heterocycles. The van der Waals surface area contributed by atoms with Gasteiger partial charge < -0.3 is 4.74 Å². The van der Waals surface area contributed by atoms with E-state index in [0.29, 0.717) is 16.3 Å². The van der Waals surface area contributed by atoms with Gasteiger partial charge in [-0.3, -0.25) is 9.78 Å². The predicted molar refractivity (Wildman–Crippen MR) is 48.7 cm³/mol. The van der Waals surface area contributed by atoms with Crippen molar-refractivity contribution in [2.24, 2.45) is 0 Å². The van der Waals surface area contributed by atoms with Gasteiger partial charge in [-0.2, -0.15) is 0 Å². The molecule has 0 aromatic carbocycles. The lowest BCUT2D eigenvalue weighted by atomic mass is 10.2. The minimum absolute atomic E-state index is 0.263. The molecule has 1 aromatic rings. The lowest BCUT2D eigenvalue weighted by molar-refractivity contribution is 0.0599. The van der Waals surface area contributed by atoms with Crippen LogP contribution in [0.15, 0.2) is 16.7 Å². The van der Waals surface area contributed by atoms with Crippen LogP contribution in [0.4, 0.5) is 0 Å². The molecule has 0 saturated heterocycles. The molecule has 0 spiro atoms. The van der Waals surface area contributed by atoms with E-state index in [1.54, 1.807) is 0 Å². The highest BCUT2D eigenvalue weighted by Gasteiger charge is 2.10. The molecule has 0 aliphatic heterocycles. The van der Waals surface area contributed by atoms with E-state index in [9.17, 15) is 9.59 Å². The van der Waals surface area contributed by atoms with Gasteiger partial charge in [0.25, 0.3) is 0 Å². The number of aromatic nitrogens is 1. The van der Waals surface area contributed by atoms with E-state index in [1.807, 2.05) is 0 Å². The van der Waals surface area contributed by atoms with Gasteiger partial charge in [0.1, 0.15) is 5.69 Å². The first kappa shape index (κ1) is 9.85. The summed E-state index contributed by atoms with van der Waals surface area (Å²) in [6.07, 6.45) is 1.89. The Morgan fingerprint density at radius 1 is 1.69 bits per heavy atom. The molecule has 0 N–H and O–H groups in total. The number of esters is 1. The summed E-state index contributed by atoms with van der Waals surface area (Å²) in [7, 11) is 1.28. The molecule has 68 valence electrons. The Kier molecular flexibility index (Phi) is 3.13. The second kappa shape index (κ2) is 4.13. The zero-order chi connectivity index (χ0) is 9.84. The normalized spacial score (nSPS) is 9.38. The van der Waals surface area contributed by atoms with E-state index in [0.717, 1.165) is 0 Å². The summed E-state index contributed by atoms with van der Waals surface area (Å²) < 4.78 is 4.99. The van der Waals surface area contributed by atoms with E-state index in [4.69, 9.17) is 0 Å². The maximum absolute atomic E-state index is 11.1. The molecule has 0 bridgehead atoms. The zero-order valence-electron chi connectivity index (χ0n) is 6.78. The van der Waals surface area contributed by atoms with Crippen molar-refractivity contribution in [2.45, 2.75) is 0 Å². The lowest BCUT2D eigenvalue weighted by Gasteiger charge is -2.01. The average Bonchev–Trinajstić information content (AvgIpc) is 2.16. The van der Waals surface area contributed by atoms with Gasteiger partial charge in [-0.15, -0.1) is 0 Å². The predicted octanol–water partition coefficient (Wildman–Crippen LogP) is 1.44. The molecule has 1 aromatic heterocycles. The molecular formula is C8H6BrNO3. The molecule has 5 heteroatoms. The van der Waals surface area contributed by atoms with Crippen molar-refractivity contribution in [1.29, 1.82) is 0 Å². The van der Waals surface area contributed by atoms with Gasteiger partial charge in [0.2, 0.25) is 0 Å². The van der Waals surface area contributed by atoms with Gasteiger partial charge in [-0.25, -0.2) is 4.79 Å². The summed E-state index contributed by atoms with van der Waals surface area (Å²) in [4.78, 5) is 25.1. The summed E-state index contributed by atoms with van der Waals surface area (Å²) >= 11 is 3.13. The van der Waals surface area contributed by atoms with Crippen molar-refractivity contribution in [3.05, 3.63) is 28.0 Å². The van der Waals surface area contributed by atoms with Crippen molar-refractivity contribution >= 4 is 28.2 Å². The second-order valence-electron chi connectivity index (χ2n) is 2.20. The van der Waals surface area contributed by atoms with E-state index in [-0.39, 0.29) is 5.69 Å². The minimum atomic E-state index is -0.489. The van der Waals surface area contributed by atoms with Gasteiger partial charge in [-0.05, 0) is 22.0 Å². The quantitative estimate of drug-likeness (QED) is 0.583. The standard InChI is InChI=1S/C8H6BrNO3/c1-13-8(12)6-3-10-5(4-11)2-7(6)9/h2-4H,1H3. The van der Waals surface area contributed by atoms with Crippen LogP contribution in [-0.2, 0) is 4.74 Å². The number of carbonyl (C=O) groups excluding carboxylic acids is 2. The maximum Gasteiger partial charge on any atom is 0.340 e. The van der Waals surface area contributed by atoms with Crippen molar-refractivity contribution in [2.75, 3.05) is 7.11 Å². The van der Waals surface area contributed by atoms with Crippen LogP contribution in [-0.4, -0.2) is 24.3 Å². The Morgan fingerprint density at radius 2 is 2.38 bits per heavy atom. The number of ether oxygens (including phenoxy) is 1. The molecule has 0 aliphatic carbocycles. The van der Waals surface area contributed by atoms with E-state index in [1.165, 1.54) is 19.4 Å². The van der Waals surface area contributed by atoms with Gasteiger partial charge in [-0.1, -0.05) is 0 Å². The molecule has 13 heavy (non-hydrogen) atoms. The van der Waals surface area contributed by atoms with Crippen molar-refractivity contribution in [3.8, 4) is 0 Å². The summed E-state index contributed by atoms with van der Waals surface area (Å²) in [5.41, 5.74) is 0.563. The van der Waals surface area contributed by atoms with Crippen LogP contribution in [0, 0.1) is 0 Å². The van der Waals surface area contributed by atoms with Gasteiger partial charge in [0, 0.05) is 10.7 Å². The van der Waals surface area contributed by atoms with Crippen LogP contribution >= 0.6 is 15.9 Å².